The van der Waals surface area contributed by atoms with Crippen molar-refractivity contribution in [1.29, 1.82) is 0 Å². The summed E-state index contributed by atoms with van der Waals surface area (Å²) in [6.07, 6.45) is 7.54. The highest BCUT2D eigenvalue weighted by Gasteiger charge is 2.38. The fourth-order valence-corrected chi connectivity index (χ4v) is 1.75. The van der Waals surface area contributed by atoms with Gasteiger partial charge in [-0.15, -0.1) is 12.3 Å². The Morgan fingerprint density at radius 1 is 1.32 bits per heavy atom. The lowest BCUT2D eigenvalue weighted by Crippen LogP contribution is -2.43. The SMILES string of the molecule is C#CCCCCNC(=O)C(C(=O)OCC)C(C)(C)C. The van der Waals surface area contributed by atoms with Gasteiger partial charge in [0, 0.05) is 13.0 Å². The third-order valence-electron chi connectivity index (χ3n) is 2.70. The van der Waals surface area contributed by atoms with E-state index < -0.39 is 17.3 Å². The van der Waals surface area contributed by atoms with Crippen LogP contribution in [0.2, 0.25) is 0 Å². The van der Waals surface area contributed by atoms with Crippen molar-refractivity contribution in [2.24, 2.45) is 11.3 Å². The van der Waals surface area contributed by atoms with Crippen LogP contribution in [0.25, 0.3) is 0 Å². The largest absolute Gasteiger partial charge is 0.465 e. The van der Waals surface area contributed by atoms with Gasteiger partial charge in [0.2, 0.25) is 5.91 Å². The van der Waals surface area contributed by atoms with Crippen LogP contribution in [0.5, 0.6) is 0 Å². The molecule has 1 atom stereocenters. The van der Waals surface area contributed by atoms with Gasteiger partial charge < -0.3 is 10.1 Å². The Balaban J connectivity index is 4.41. The van der Waals surface area contributed by atoms with E-state index in [0.29, 0.717) is 13.0 Å². The Kier molecular flexibility index (Phi) is 7.90. The fraction of sp³-hybridized carbons (Fsp3) is 0.733. The average molecular weight is 267 g/mol. The molecular weight excluding hydrogens is 242 g/mol. The lowest BCUT2D eigenvalue weighted by Gasteiger charge is -2.27. The highest BCUT2D eigenvalue weighted by atomic mass is 16.5. The molecule has 0 fully saturated rings. The molecule has 0 aliphatic heterocycles. The second-order valence-corrected chi connectivity index (χ2v) is 5.50. The van der Waals surface area contributed by atoms with Gasteiger partial charge in [0.1, 0.15) is 5.92 Å². The first kappa shape index (κ1) is 17.5. The summed E-state index contributed by atoms with van der Waals surface area (Å²) in [6.45, 7) is 8.11. The molecule has 0 aliphatic carbocycles. The molecule has 0 heterocycles. The lowest BCUT2D eigenvalue weighted by molar-refractivity contribution is -0.156. The molecular formula is C15H25NO3. The summed E-state index contributed by atoms with van der Waals surface area (Å²) in [5, 5.41) is 2.78. The van der Waals surface area contributed by atoms with E-state index in [-0.39, 0.29) is 12.5 Å². The smallest absolute Gasteiger partial charge is 0.319 e. The first-order chi connectivity index (χ1) is 8.84. The number of nitrogens with one attached hydrogen (secondary N) is 1. The summed E-state index contributed by atoms with van der Waals surface area (Å²) in [4.78, 5) is 23.9. The molecule has 0 spiro atoms. The molecule has 4 heteroatoms. The van der Waals surface area contributed by atoms with Crippen LogP contribution in [0, 0.1) is 23.7 Å². The van der Waals surface area contributed by atoms with Crippen LogP contribution in [-0.2, 0) is 14.3 Å². The van der Waals surface area contributed by atoms with Crippen molar-refractivity contribution >= 4 is 11.9 Å². The Hall–Kier alpha value is -1.50. The normalized spacial score (nSPS) is 12.4. The molecule has 0 aromatic heterocycles. The Morgan fingerprint density at radius 3 is 2.42 bits per heavy atom. The van der Waals surface area contributed by atoms with E-state index in [2.05, 4.69) is 11.2 Å². The summed E-state index contributed by atoms with van der Waals surface area (Å²) >= 11 is 0. The van der Waals surface area contributed by atoms with Gasteiger partial charge in [0.05, 0.1) is 6.61 Å². The maximum absolute atomic E-state index is 12.1. The van der Waals surface area contributed by atoms with Crippen molar-refractivity contribution in [2.75, 3.05) is 13.2 Å². The van der Waals surface area contributed by atoms with Crippen LogP contribution < -0.4 is 5.32 Å². The zero-order chi connectivity index (χ0) is 14.9. The number of hydrogen-bond donors (Lipinski definition) is 1. The Bertz CT molecular complexity index is 336. The minimum Gasteiger partial charge on any atom is -0.465 e. The molecule has 1 N–H and O–H groups in total. The minimum absolute atomic E-state index is 0.272. The summed E-state index contributed by atoms with van der Waals surface area (Å²) in [7, 11) is 0. The molecule has 0 aromatic carbocycles. The number of rotatable bonds is 7. The van der Waals surface area contributed by atoms with Gasteiger partial charge in [0.25, 0.3) is 0 Å². The van der Waals surface area contributed by atoms with E-state index in [9.17, 15) is 9.59 Å². The molecule has 4 nitrogen and oxygen atoms in total. The highest BCUT2D eigenvalue weighted by molar-refractivity contribution is 5.98. The minimum atomic E-state index is -0.778. The number of esters is 1. The second kappa shape index (κ2) is 8.58. The van der Waals surface area contributed by atoms with E-state index in [1.807, 2.05) is 20.8 Å². The van der Waals surface area contributed by atoms with Gasteiger partial charge >= 0.3 is 5.97 Å². The number of terminal acetylenes is 1. The van der Waals surface area contributed by atoms with Crippen LogP contribution in [0.3, 0.4) is 0 Å². The maximum Gasteiger partial charge on any atom is 0.319 e. The van der Waals surface area contributed by atoms with E-state index in [0.717, 1.165) is 12.8 Å². The average Bonchev–Trinajstić information content (AvgIpc) is 2.27. The van der Waals surface area contributed by atoms with Crippen molar-refractivity contribution in [3.05, 3.63) is 0 Å². The zero-order valence-electron chi connectivity index (χ0n) is 12.4. The van der Waals surface area contributed by atoms with Gasteiger partial charge in [-0.25, -0.2) is 0 Å². The number of unbranched alkanes of at least 4 members (excludes halogenated alkanes) is 2. The quantitative estimate of drug-likeness (QED) is 0.333. The molecule has 1 unspecified atom stereocenters. The van der Waals surface area contributed by atoms with Crippen LogP contribution in [0.4, 0.5) is 0 Å². The van der Waals surface area contributed by atoms with Crippen molar-refractivity contribution in [3.8, 4) is 12.3 Å². The molecule has 0 saturated carbocycles. The predicted octanol–water partition coefficient (Wildman–Crippen LogP) is 2.13. The number of ether oxygens (including phenoxy) is 1. The molecule has 108 valence electrons. The standard InChI is InChI=1S/C15H25NO3/c1-6-8-9-10-11-16-13(17)12(15(3,4)5)14(18)19-7-2/h1,12H,7-11H2,2-5H3,(H,16,17). The van der Waals surface area contributed by atoms with Crippen LogP contribution in [0.15, 0.2) is 0 Å². The van der Waals surface area contributed by atoms with Crippen molar-refractivity contribution in [1.82, 2.24) is 5.32 Å². The number of amides is 1. The summed E-state index contributed by atoms with van der Waals surface area (Å²) in [5.41, 5.74) is -0.463. The van der Waals surface area contributed by atoms with E-state index in [1.54, 1.807) is 6.92 Å². The van der Waals surface area contributed by atoms with Crippen LogP contribution in [-0.4, -0.2) is 25.0 Å². The van der Waals surface area contributed by atoms with E-state index in [4.69, 9.17) is 11.2 Å². The summed E-state index contributed by atoms with van der Waals surface area (Å²) < 4.78 is 4.97. The van der Waals surface area contributed by atoms with Gasteiger partial charge in [-0.1, -0.05) is 20.8 Å². The van der Waals surface area contributed by atoms with Crippen molar-refractivity contribution in [2.45, 2.75) is 47.0 Å². The van der Waals surface area contributed by atoms with E-state index in [1.165, 1.54) is 0 Å². The fourth-order valence-electron chi connectivity index (χ4n) is 1.75. The Morgan fingerprint density at radius 2 is 1.95 bits per heavy atom. The molecule has 19 heavy (non-hydrogen) atoms. The molecule has 0 radical (unpaired) electrons. The molecule has 0 bridgehead atoms. The Labute approximate surface area is 116 Å². The number of carbonyl (C=O) groups is 2. The maximum atomic E-state index is 12.1. The third kappa shape index (κ3) is 6.85. The van der Waals surface area contributed by atoms with Gasteiger partial charge in [0.15, 0.2) is 0 Å². The van der Waals surface area contributed by atoms with Crippen molar-refractivity contribution in [3.63, 3.8) is 0 Å². The molecule has 1 amide bonds. The molecule has 0 aromatic rings. The van der Waals surface area contributed by atoms with Crippen LogP contribution >= 0.6 is 0 Å². The number of carbonyl (C=O) groups excluding carboxylic acids is 2. The summed E-state index contributed by atoms with van der Waals surface area (Å²) in [6, 6.07) is 0. The monoisotopic (exact) mass is 267 g/mol. The van der Waals surface area contributed by atoms with Gasteiger partial charge in [-0.05, 0) is 25.2 Å². The van der Waals surface area contributed by atoms with Crippen molar-refractivity contribution < 1.29 is 14.3 Å². The molecule has 0 rings (SSSR count). The highest BCUT2D eigenvalue weighted by Crippen LogP contribution is 2.27. The topological polar surface area (TPSA) is 55.4 Å². The lowest BCUT2D eigenvalue weighted by atomic mass is 9.80. The van der Waals surface area contributed by atoms with Gasteiger partial charge in [-0.2, -0.15) is 0 Å². The predicted molar refractivity (Wildman–Crippen MR) is 75.3 cm³/mol. The van der Waals surface area contributed by atoms with E-state index >= 15 is 0 Å². The second-order valence-electron chi connectivity index (χ2n) is 5.50. The first-order valence-electron chi connectivity index (χ1n) is 6.72. The summed E-state index contributed by atoms with van der Waals surface area (Å²) in [5.74, 6) is 1.04. The molecule has 0 saturated heterocycles. The molecule has 0 aliphatic rings. The van der Waals surface area contributed by atoms with Crippen LogP contribution in [0.1, 0.15) is 47.0 Å². The number of hydrogen-bond acceptors (Lipinski definition) is 3. The zero-order valence-corrected chi connectivity index (χ0v) is 12.4. The third-order valence-corrected chi connectivity index (χ3v) is 2.70. The van der Waals surface area contributed by atoms with Gasteiger partial charge in [-0.3, -0.25) is 9.59 Å². The first-order valence-corrected chi connectivity index (χ1v) is 6.72.